The summed E-state index contributed by atoms with van der Waals surface area (Å²) in [6.45, 7) is 2.11. The molecule has 3 nitrogen and oxygen atoms in total. The van der Waals surface area contributed by atoms with Gasteiger partial charge in [-0.2, -0.15) is 11.5 Å². The molecule has 15 heavy (non-hydrogen) atoms. The number of rotatable bonds is 1. The van der Waals surface area contributed by atoms with Crippen molar-refractivity contribution in [2.45, 2.75) is 32.0 Å². The second-order valence-corrected chi connectivity index (χ2v) is 3.64. The monoisotopic (exact) mass is 322 g/mol. The SMILES string of the molecule is CC1C[CH-]CC(c2cnn(C)c2)O1.[Zn+][Br]. The quantitative estimate of drug-likeness (QED) is 0.587. The van der Waals surface area contributed by atoms with Crippen molar-refractivity contribution in [2.24, 2.45) is 7.05 Å². The molecule has 0 radical (unpaired) electrons. The van der Waals surface area contributed by atoms with Crippen molar-refractivity contribution in [1.29, 1.82) is 0 Å². The fourth-order valence-corrected chi connectivity index (χ4v) is 1.69. The van der Waals surface area contributed by atoms with Gasteiger partial charge in [-0.05, 0) is 6.92 Å². The predicted molar refractivity (Wildman–Crippen MR) is 59.0 cm³/mol. The average Bonchev–Trinajstić information content (AvgIpc) is 2.68. The maximum absolute atomic E-state index is 5.80. The van der Waals surface area contributed by atoms with E-state index >= 15 is 0 Å². The minimum absolute atomic E-state index is 0.220. The zero-order chi connectivity index (χ0) is 11.3. The second-order valence-electron chi connectivity index (χ2n) is 3.64. The number of halogens is 1. The van der Waals surface area contributed by atoms with Gasteiger partial charge in [0.25, 0.3) is 0 Å². The summed E-state index contributed by atoms with van der Waals surface area (Å²) in [6.07, 6.45) is 8.85. The molecule has 2 atom stereocenters. The molecule has 1 aliphatic heterocycles. The van der Waals surface area contributed by atoms with E-state index in [1.54, 1.807) is 0 Å². The van der Waals surface area contributed by atoms with Crippen molar-refractivity contribution in [2.75, 3.05) is 0 Å². The van der Waals surface area contributed by atoms with E-state index in [1.165, 1.54) is 21.9 Å². The van der Waals surface area contributed by atoms with Crippen LogP contribution in [0.15, 0.2) is 12.4 Å². The van der Waals surface area contributed by atoms with E-state index in [0.29, 0.717) is 6.10 Å². The fraction of sp³-hybridized carbons (Fsp3) is 0.600. The molecule has 1 aromatic heterocycles. The first-order chi connectivity index (χ1) is 7.25. The summed E-state index contributed by atoms with van der Waals surface area (Å²) in [5, 5.41) is 4.14. The predicted octanol–water partition coefficient (Wildman–Crippen LogP) is 2.71. The number of hydrogen-bond donors (Lipinski definition) is 0. The third-order valence-electron chi connectivity index (χ3n) is 2.37. The van der Waals surface area contributed by atoms with Crippen LogP contribution >= 0.6 is 13.6 Å². The molecule has 0 bridgehead atoms. The molecule has 0 saturated carbocycles. The first kappa shape index (κ1) is 13.3. The van der Waals surface area contributed by atoms with Gasteiger partial charge in [-0.15, -0.1) is 6.42 Å². The van der Waals surface area contributed by atoms with Gasteiger partial charge in [-0.25, -0.2) is 0 Å². The van der Waals surface area contributed by atoms with Crippen molar-refractivity contribution in [3.8, 4) is 0 Å². The number of nitrogens with zero attached hydrogens (tertiary/aromatic N) is 2. The van der Waals surface area contributed by atoms with Crippen LogP contribution in [-0.4, -0.2) is 15.9 Å². The molecular weight excluding hydrogens is 309 g/mol. The summed E-state index contributed by atoms with van der Waals surface area (Å²) >= 11 is 4.25. The number of aromatic nitrogens is 2. The third-order valence-corrected chi connectivity index (χ3v) is 2.37. The van der Waals surface area contributed by atoms with Crippen LogP contribution in [0.2, 0.25) is 0 Å². The molecule has 0 aromatic carbocycles. The van der Waals surface area contributed by atoms with Crippen molar-refractivity contribution in [1.82, 2.24) is 9.78 Å². The van der Waals surface area contributed by atoms with Gasteiger partial charge in [0.15, 0.2) is 0 Å². The molecule has 0 spiro atoms. The first-order valence-corrected chi connectivity index (χ1v) is 11.9. The molecule has 1 fully saturated rings. The van der Waals surface area contributed by atoms with E-state index in [2.05, 4.69) is 32.1 Å². The van der Waals surface area contributed by atoms with Gasteiger partial charge in [-0.1, -0.05) is 0 Å². The zero-order valence-corrected chi connectivity index (χ0v) is 13.7. The molecule has 0 aliphatic carbocycles. The van der Waals surface area contributed by atoms with Crippen LogP contribution < -0.4 is 0 Å². The molecule has 5 heteroatoms. The Balaban J connectivity index is 0.000000531. The van der Waals surface area contributed by atoms with E-state index in [9.17, 15) is 0 Å². The number of hydrogen-bond acceptors (Lipinski definition) is 2. The van der Waals surface area contributed by atoms with Gasteiger partial charge in [0.2, 0.25) is 0 Å². The summed E-state index contributed by atoms with van der Waals surface area (Å²) in [6, 6.07) is 0. The minimum atomic E-state index is 0.220. The normalized spacial score (nSPS) is 25.7. The van der Waals surface area contributed by atoms with Crippen LogP contribution in [0, 0.1) is 6.42 Å². The molecule has 1 aromatic rings. The van der Waals surface area contributed by atoms with Gasteiger partial charge in [-0.3, -0.25) is 4.68 Å². The molecule has 80 valence electrons. The zero-order valence-electron chi connectivity index (χ0n) is 9.19. The Hall–Kier alpha value is 0.273. The third kappa shape index (κ3) is 3.97. The molecule has 1 saturated heterocycles. The fourth-order valence-electron chi connectivity index (χ4n) is 1.69. The van der Waals surface area contributed by atoms with Crippen LogP contribution in [0.3, 0.4) is 0 Å². The van der Waals surface area contributed by atoms with Gasteiger partial charge in [0, 0.05) is 24.9 Å². The van der Waals surface area contributed by atoms with E-state index in [-0.39, 0.29) is 6.10 Å². The topological polar surface area (TPSA) is 27.1 Å². The number of ether oxygens (including phenoxy) is 1. The molecule has 0 N–H and O–H groups in total. The Labute approximate surface area is 108 Å². The average molecular weight is 325 g/mol. The van der Waals surface area contributed by atoms with E-state index in [4.69, 9.17) is 4.74 Å². The molecule has 2 heterocycles. The molecule has 0 amide bonds. The van der Waals surface area contributed by atoms with Crippen LogP contribution in [0.25, 0.3) is 0 Å². The van der Waals surface area contributed by atoms with E-state index in [0.717, 1.165) is 12.8 Å². The Morgan fingerprint density at radius 3 is 2.87 bits per heavy atom. The Morgan fingerprint density at radius 2 is 2.33 bits per heavy atom. The maximum atomic E-state index is 5.80. The Kier molecular flexibility index (Phi) is 6.02. The van der Waals surface area contributed by atoms with Gasteiger partial charge >= 0.3 is 30.0 Å². The van der Waals surface area contributed by atoms with Crippen LogP contribution in [0.5, 0.6) is 0 Å². The van der Waals surface area contributed by atoms with E-state index < -0.39 is 0 Å². The van der Waals surface area contributed by atoms with Crippen LogP contribution in [0.1, 0.15) is 31.4 Å². The van der Waals surface area contributed by atoms with Gasteiger partial charge in [0.05, 0.1) is 12.3 Å². The van der Waals surface area contributed by atoms with Gasteiger partial charge in [0.1, 0.15) is 0 Å². The van der Waals surface area contributed by atoms with Crippen molar-refractivity contribution >= 4 is 13.6 Å². The van der Waals surface area contributed by atoms with Crippen molar-refractivity contribution < 1.29 is 21.1 Å². The van der Waals surface area contributed by atoms with Crippen molar-refractivity contribution in [3.63, 3.8) is 0 Å². The van der Waals surface area contributed by atoms with Crippen LogP contribution in [0.4, 0.5) is 0 Å². The Bertz CT molecular complexity index is 293. The molecule has 2 unspecified atom stereocenters. The van der Waals surface area contributed by atoms with Crippen molar-refractivity contribution in [3.05, 3.63) is 24.4 Å². The summed E-state index contributed by atoms with van der Waals surface area (Å²) in [5.74, 6) is 0. The summed E-state index contributed by atoms with van der Waals surface area (Å²) in [5.41, 5.74) is 1.19. The van der Waals surface area contributed by atoms with Gasteiger partial charge < -0.3 is 11.2 Å². The van der Waals surface area contributed by atoms with Crippen LogP contribution in [-0.2, 0) is 28.1 Å². The first-order valence-electron chi connectivity index (χ1n) is 4.98. The molecule has 1 aliphatic rings. The number of aryl methyl sites for hydroxylation is 1. The standard InChI is InChI=1S/C10H15N2O.BrH.Zn/c1-8-4-3-5-10(13-8)9-6-11-12(2)7-9;;/h3,6-8,10H,4-5H2,1-2H3;1H;/q-1;;+2/p-1. The summed E-state index contributed by atoms with van der Waals surface area (Å²) in [7, 11) is 1.93. The Morgan fingerprint density at radius 1 is 1.60 bits per heavy atom. The second kappa shape index (κ2) is 6.77. The molecule has 2 rings (SSSR count). The summed E-state index contributed by atoms with van der Waals surface area (Å²) in [4.78, 5) is 0. The molecular formula is C10H15BrN2OZn. The van der Waals surface area contributed by atoms with E-state index in [1.807, 2.05) is 24.1 Å². The summed E-state index contributed by atoms with van der Waals surface area (Å²) < 4.78 is 7.62.